The fraction of sp³-hybridized carbons (Fsp3) is 0.364. The van der Waals surface area contributed by atoms with E-state index in [1.165, 1.54) is 23.4 Å². The Kier molecular flexibility index (Phi) is 3.27. The Hall–Kier alpha value is -1.91. The first-order valence-corrected chi connectivity index (χ1v) is 4.79. The van der Waals surface area contributed by atoms with Crippen molar-refractivity contribution in [2.45, 2.75) is 26.3 Å². The van der Waals surface area contributed by atoms with Gasteiger partial charge in [0.15, 0.2) is 6.29 Å². The molecule has 0 aliphatic rings. The largest absolute Gasteiger partial charge is 0.465 e. The molecule has 0 aromatic carbocycles. The van der Waals surface area contributed by atoms with Crippen LogP contribution >= 0.6 is 0 Å². The van der Waals surface area contributed by atoms with Crippen molar-refractivity contribution >= 4 is 18.1 Å². The number of rotatable bonds is 2. The van der Waals surface area contributed by atoms with Crippen molar-refractivity contribution < 1.29 is 14.7 Å². The Bertz CT molecular complexity index is 410. The van der Waals surface area contributed by atoms with Crippen LogP contribution in [0.1, 0.15) is 31.1 Å². The van der Waals surface area contributed by atoms with Crippen molar-refractivity contribution in [3.8, 4) is 0 Å². The molecule has 0 spiro atoms. The van der Waals surface area contributed by atoms with Crippen LogP contribution in [0, 0.1) is 0 Å². The first-order chi connectivity index (χ1) is 7.36. The second-order valence-corrected chi connectivity index (χ2v) is 4.38. The van der Waals surface area contributed by atoms with Crippen LogP contribution in [0.15, 0.2) is 18.5 Å². The normalized spacial score (nSPS) is 10.9. The van der Waals surface area contributed by atoms with Gasteiger partial charge in [-0.25, -0.2) is 4.79 Å². The zero-order chi connectivity index (χ0) is 12.3. The molecule has 86 valence electrons. The number of carboxylic acid groups (broad SMARTS) is 1. The second kappa shape index (κ2) is 4.30. The molecule has 0 bridgehead atoms. The number of aromatic nitrogens is 1. The molecule has 0 aliphatic carbocycles. The third-order valence-electron chi connectivity index (χ3n) is 2.00. The van der Waals surface area contributed by atoms with Gasteiger partial charge < -0.3 is 5.11 Å². The minimum Gasteiger partial charge on any atom is -0.465 e. The van der Waals surface area contributed by atoms with E-state index >= 15 is 0 Å². The second-order valence-electron chi connectivity index (χ2n) is 4.38. The molecule has 16 heavy (non-hydrogen) atoms. The lowest BCUT2D eigenvalue weighted by molar-refractivity contribution is 0.112. The molecular formula is C11H14N2O3. The van der Waals surface area contributed by atoms with Gasteiger partial charge in [-0.1, -0.05) is 0 Å². The van der Waals surface area contributed by atoms with Gasteiger partial charge in [0, 0.05) is 17.3 Å². The highest BCUT2D eigenvalue weighted by Gasteiger charge is 2.28. The van der Waals surface area contributed by atoms with Gasteiger partial charge >= 0.3 is 6.09 Å². The Morgan fingerprint density at radius 2 is 2.06 bits per heavy atom. The number of pyridine rings is 1. The SMILES string of the molecule is CC(C)(C)N(C(=O)O)c1cncc(C=O)c1. The summed E-state index contributed by atoms with van der Waals surface area (Å²) in [6, 6.07) is 1.50. The molecule has 0 aliphatic heterocycles. The van der Waals surface area contributed by atoms with Crippen LogP contribution < -0.4 is 4.90 Å². The van der Waals surface area contributed by atoms with Crippen LogP contribution in [0.25, 0.3) is 0 Å². The van der Waals surface area contributed by atoms with Crippen LogP contribution in [0.4, 0.5) is 10.5 Å². The van der Waals surface area contributed by atoms with E-state index in [1.807, 2.05) is 0 Å². The van der Waals surface area contributed by atoms with E-state index in [9.17, 15) is 9.59 Å². The van der Waals surface area contributed by atoms with Crippen molar-refractivity contribution in [3.63, 3.8) is 0 Å². The van der Waals surface area contributed by atoms with Crippen molar-refractivity contribution in [2.24, 2.45) is 0 Å². The Balaban J connectivity index is 3.21. The maximum atomic E-state index is 11.2. The van der Waals surface area contributed by atoms with Gasteiger partial charge in [-0.2, -0.15) is 0 Å². The van der Waals surface area contributed by atoms with E-state index in [2.05, 4.69) is 4.98 Å². The molecule has 1 aromatic rings. The number of carbonyl (C=O) groups is 2. The lowest BCUT2D eigenvalue weighted by Gasteiger charge is -2.32. The van der Waals surface area contributed by atoms with Crippen LogP contribution in [-0.4, -0.2) is 28.0 Å². The molecular weight excluding hydrogens is 208 g/mol. The summed E-state index contributed by atoms with van der Waals surface area (Å²) < 4.78 is 0. The highest BCUT2D eigenvalue weighted by Crippen LogP contribution is 2.23. The topological polar surface area (TPSA) is 70.5 Å². The maximum absolute atomic E-state index is 11.2. The fourth-order valence-electron chi connectivity index (χ4n) is 1.42. The summed E-state index contributed by atoms with van der Waals surface area (Å²) in [6.45, 7) is 5.32. The number of hydrogen-bond donors (Lipinski definition) is 1. The number of aldehydes is 1. The van der Waals surface area contributed by atoms with Gasteiger partial charge in [-0.3, -0.25) is 14.7 Å². The summed E-state index contributed by atoms with van der Waals surface area (Å²) >= 11 is 0. The predicted molar refractivity (Wildman–Crippen MR) is 59.9 cm³/mol. The average molecular weight is 222 g/mol. The Morgan fingerprint density at radius 3 is 2.50 bits per heavy atom. The molecule has 1 amide bonds. The highest BCUT2D eigenvalue weighted by molar-refractivity contribution is 5.88. The number of amides is 1. The van der Waals surface area contributed by atoms with Crippen molar-refractivity contribution in [2.75, 3.05) is 4.90 Å². The van der Waals surface area contributed by atoms with E-state index in [0.29, 0.717) is 17.5 Å². The van der Waals surface area contributed by atoms with Gasteiger partial charge in [-0.15, -0.1) is 0 Å². The summed E-state index contributed by atoms with van der Waals surface area (Å²) in [4.78, 5) is 26.8. The van der Waals surface area contributed by atoms with Gasteiger partial charge in [-0.05, 0) is 26.8 Å². The number of anilines is 1. The molecule has 0 atom stereocenters. The molecule has 1 heterocycles. The molecule has 1 rings (SSSR count). The Morgan fingerprint density at radius 1 is 1.44 bits per heavy atom. The van der Waals surface area contributed by atoms with E-state index in [0.717, 1.165) is 0 Å². The molecule has 0 fully saturated rings. The van der Waals surface area contributed by atoms with Crippen LogP contribution in [0.3, 0.4) is 0 Å². The molecule has 0 saturated heterocycles. The third-order valence-corrected chi connectivity index (χ3v) is 2.00. The number of nitrogens with zero attached hydrogens (tertiary/aromatic N) is 2. The minimum absolute atomic E-state index is 0.355. The van der Waals surface area contributed by atoms with Crippen LogP contribution in [-0.2, 0) is 0 Å². The standard InChI is InChI=1S/C11H14N2O3/c1-11(2,3)13(10(15)16)9-4-8(7-14)5-12-6-9/h4-7H,1-3H3,(H,15,16). The molecule has 1 N–H and O–H groups in total. The van der Waals surface area contributed by atoms with Crippen LogP contribution in [0.5, 0.6) is 0 Å². The zero-order valence-electron chi connectivity index (χ0n) is 9.47. The van der Waals surface area contributed by atoms with Gasteiger partial charge in [0.05, 0.1) is 11.9 Å². The predicted octanol–water partition coefficient (Wildman–Crippen LogP) is 2.18. The number of carbonyl (C=O) groups excluding carboxylic acids is 1. The first kappa shape index (κ1) is 12.2. The van der Waals surface area contributed by atoms with Crippen molar-refractivity contribution in [1.82, 2.24) is 4.98 Å². The van der Waals surface area contributed by atoms with Gasteiger partial charge in [0.1, 0.15) is 0 Å². The minimum atomic E-state index is -1.07. The first-order valence-electron chi connectivity index (χ1n) is 4.79. The van der Waals surface area contributed by atoms with Crippen LogP contribution in [0.2, 0.25) is 0 Å². The summed E-state index contributed by atoms with van der Waals surface area (Å²) in [5, 5.41) is 9.14. The van der Waals surface area contributed by atoms with E-state index in [1.54, 1.807) is 20.8 Å². The zero-order valence-corrected chi connectivity index (χ0v) is 9.47. The van der Waals surface area contributed by atoms with E-state index in [-0.39, 0.29) is 0 Å². The monoisotopic (exact) mass is 222 g/mol. The molecule has 0 saturated carbocycles. The van der Waals surface area contributed by atoms with Crippen molar-refractivity contribution in [1.29, 1.82) is 0 Å². The lowest BCUT2D eigenvalue weighted by atomic mass is 10.1. The molecule has 5 nitrogen and oxygen atoms in total. The quantitative estimate of drug-likeness (QED) is 0.778. The van der Waals surface area contributed by atoms with Crippen molar-refractivity contribution in [3.05, 3.63) is 24.0 Å². The van der Waals surface area contributed by atoms with E-state index in [4.69, 9.17) is 5.11 Å². The van der Waals surface area contributed by atoms with Gasteiger partial charge in [0.2, 0.25) is 0 Å². The summed E-state index contributed by atoms with van der Waals surface area (Å²) in [5.74, 6) is 0. The maximum Gasteiger partial charge on any atom is 0.412 e. The molecule has 0 radical (unpaired) electrons. The molecule has 0 unspecified atom stereocenters. The Labute approximate surface area is 93.7 Å². The average Bonchev–Trinajstić information content (AvgIpc) is 2.15. The smallest absolute Gasteiger partial charge is 0.412 e. The summed E-state index contributed by atoms with van der Waals surface area (Å²) in [7, 11) is 0. The van der Waals surface area contributed by atoms with E-state index < -0.39 is 11.6 Å². The molecule has 1 aromatic heterocycles. The number of hydrogen-bond acceptors (Lipinski definition) is 3. The van der Waals surface area contributed by atoms with Gasteiger partial charge in [0.25, 0.3) is 0 Å². The third kappa shape index (κ3) is 2.56. The summed E-state index contributed by atoms with van der Waals surface area (Å²) in [5.41, 5.74) is 0.160. The lowest BCUT2D eigenvalue weighted by Crippen LogP contribution is -2.45. The fourth-order valence-corrected chi connectivity index (χ4v) is 1.42. The highest BCUT2D eigenvalue weighted by atomic mass is 16.4. The molecule has 5 heteroatoms. The summed E-state index contributed by atoms with van der Waals surface area (Å²) in [6.07, 6.45) is 2.38.